The number of guanidine groups is 1. The molecule has 78 valence electrons. The van der Waals surface area contributed by atoms with Crippen molar-refractivity contribution in [2.45, 2.75) is 12.8 Å². The van der Waals surface area contributed by atoms with E-state index in [1.807, 2.05) is 7.05 Å². The fourth-order valence-corrected chi connectivity index (χ4v) is 1.44. The Bertz CT molecular complexity index is 275. The number of carbonyl (C=O) groups is 1. The van der Waals surface area contributed by atoms with Crippen molar-refractivity contribution in [2.24, 2.45) is 0 Å². The third-order valence-corrected chi connectivity index (χ3v) is 2.19. The molecule has 0 atom stereocenters. The van der Waals surface area contributed by atoms with E-state index in [2.05, 4.69) is 6.58 Å². The Kier molecular flexibility index (Phi) is 3.11. The number of likely N-dealkylation sites (N-methyl/N-ethyl adjacent to an activating group) is 1. The molecule has 0 aromatic heterocycles. The molecule has 1 aliphatic heterocycles. The first-order valence-corrected chi connectivity index (χ1v) is 4.49. The van der Waals surface area contributed by atoms with Gasteiger partial charge >= 0.3 is 5.97 Å². The second-order valence-corrected chi connectivity index (χ2v) is 3.39. The Morgan fingerprint density at radius 1 is 1.71 bits per heavy atom. The van der Waals surface area contributed by atoms with Crippen molar-refractivity contribution in [3.05, 3.63) is 12.3 Å². The molecular formula is C9H15N3O2. The van der Waals surface area contributed by atoms with E-state index in [1.54, 1.807) is 9.80 Å². The minimum absolute atomic E-state index is 0.140. The van der Waals surface area contributed by atoms with E-state index in [-0.39, 0.29) is 6.42 Å². The maximum Gasteiger partial charge on any atom is 0.303 e. The van der Waals surface area contributed by atoms with E-state index in [1.165, 1.54) is 0 Å². The molecule has 5 nitrogen and oxygen atoms in total. The van der Waals surface area contributed by atoms with Gasteiger partial charge in [0.05, 0.1) is 6.54 Å². The zero-order valence-electron chi connectivity index (χ0n) is 8.29. The Balaban J connectivity index is 2.41. The number of carboxylic acid groups (broad SMARTS) is 1. The van der Waals surface area contributed by atoms with Crippen LogP contribution in [0.5, 0.6) is 0 Å². The van der Waals surface area contributed by atoms with Gasteiger partial charge in [0.15, 0.2) is 5.96 Å². The van der Waals surface area contributed by atoms with Crippen LogP contribution < -0.4 is 0 Å². The Hall–Kier alpha value is -1.52. The fraction of sp³-hybridized carbons (Fsp3) is 0.556. The predicted octanol–water partition coefficient (Wildman–Crippen LogP) is 0.547. The molecule has 0 unspecified atom stereocenters. The molecule has 1 saturated heterocycles. The van der Waals surface area contributed by atoms with Crippen molar-refractivity contribution in [1.29, 1.82) is 5.41 Å². The van der Waals surface area contributed by atoms with Crippen LogP contribution in [0.25, 0.3) is 0 Å². The smallest absolute Gasteiger partial charge is 0.303 e. The molecule has 2 N–H and O–H groups in total. The lowest BCUT2D eigenvalue weighted by Crippen LogP contribution is -2.30. The summed E-state index contributed by atoms with van der Waals surface area (Å²) in [5, 5.41) is 16.1. The fourth-order valence-electron chi connectivity index (χ4n) is 1.44. The SMILES string of the molecule is C=C1CN(C)C(=N)N1CCCC(=O)O. The van der Waals surface area contributed by atoms with Crippen LogP contribution in [-0.2, 0) is 4.79 Å². The summed E-state index contributed by atoms with van der Waals surface area (Å²) in [5.74, 6) is -0.393. The molecule has 1 rings (SSSR count). The van der Waals surface area contributed by atoms with Crippen LogP contribution in [0.2, 0.25) is 0 Å². The van der Waals surface area contributed by atoms with Crippen molar-refractivity contribution in [3.63, 3.8) is 0 Å². The Morgan fingerprint density at radius 3 is 2.79 bits per heavy atom. The summed E-state index contributed by atoms with van der Waals surface area (Å²) < 4.78 is 0. The second-order valence-electron chi connectivity index (χ2n) is 3.39. The molecule has 0 spiro atoms. The maximum atomic E-state index is 10.3. The van der Waals surface area contributed by atoms with Crippen molar-refractivity contribution in [2.75, 3.05) is 20.1 Å². The van der Waals surface area contributed by atoms with Gasteiger partial charge in [0.2, 0.25) is 0 Å². The maximum absolute atomic E-state index is 10.3. The topological polar surface area (TPSA) is 67.6 Å². The van der Waals surface area contributed by atoms with Gasteiger partial charge in [0, 0.05) is 25.7 Å². The van der Waals surface area contributed by atoms with Gasteiger partial charge in [-0.05, 0) is 6.42 Å². The van der Waals surface area contributed by atoms with Crippen LogP contribution >= 0.6 is 0 Å². The molecular weight excluding hydrogens is 182 g/mol. The van der Waals surface area contributed by atoms with Gasteiger partial charge in [-0.25, -0.2) is 0 Å². The van der Waals surface area contributed by atoms with Gasteiger partial charge in [0.1, 0.15) is 0 Å². The number of rotatable bonds is 4. The quantitative estimate of drug-likeness (QED) is 0.690. The van der Waals surface area contributed by atoms with Crippen LogP contribution in [-0.4, -0.2) is 47.0 Å². The van der Waals surface area contributed by atoms with E-state index in [4.69, 9.17) is 10.5 Å². The van der Waals surface area contributed by atoms with Gasteiger partial charge in [0.25, 0.3) is 0 Å². The van der Waals surface area contributed by atoms with E-state index >= 15 is 0 Å². The first-order valence-electron chi connectivity index (χ1n) is 4.49. The number of nitrogens with one attached hydrogen (secondary N) is 1. The van der Waals surface area contributed by atoms with E-state index in [9.17, 15) is 4.79 Å². The molecule has 0 radical (unpaired) electrons. The van der Waals surface area contributed by atoms with E-state index in [0.29, 0.717) is 25.5 Å². The third-order valence-electron chi connectivity index (χ3n) is 2.19. The van der Waals surface area contributed by atoms with Gasteiger partial charge < -0.3 is 14.9 Å². The normalized spacial score (nSPS) is 16.6. The Morgan fingerprint density at radius 2 is 2.36 bits per heavy atom. The number of nitrogens with zero attached hydrogens (tertiary/aromatic N) is 2. The highest BCUT2D eigenvalue weighted by Gasteiger charge is 2.24. The van der Waals surface area contributed by atoms with Crippen LogP contribution in [0.15, 0.2) is 12.3 Å². The van der Waals surface area contributed by atoms with Crippen LogP contribution in [0.3, 0.4) is 0 Å². The summed E-state index contributed by atoms with van der Waals surface area (Å²) in [6, 6.07) is 0. The molecule has 1 heterocycles. The van der Waals surface area contributed by atoms with Gasteiger partial charge in [-0.1, -0.05) is 6.58 Å². The van der Waals surface area contributed by atoms with Crippen molar-refractivity contribution < 1.29 is 9.90 Å². The molecule has 5 heteroatoms. The predicted molar refractivity (Wildman–Crippen MR) is 53.1 cm³/mol. The molecule has 14 heavy (non-hydrogen) atoms. The zero-order chi connectivity index (χ0) is 10.7. The van der Waals surface area contributed by atoms with Gasteiger partial charge in [-0.15, -0.1) is 0 Å². The minimum Gasteiger partial charge on any atom is -0.481 e. The first kappa shape index (κ1) is 10.6. The molecule has 1 aliphatic rings. The highest BCUT2D eigenvalue weighted by molar-refractivity contribution is 5.81. The van der Waals surface area contributed by atoms with Crippen LogP contribution in [0.1, 0.15) is 12.8 Å². The van der Waals surface area contributed by atoms with Gasteiger partial charge in [-0.3, -0.25) is 10.2 Å². The van der Waals surface area contributed by atoms with E-state index in [0.717, 1.165) is 5.70 Å². The average molecular weight is 197 g/mol. The zero-order valence-corrected chi connectivity index (χ0v) is 8.29. The Labute approximate surface area is 83.1 Å². The summed E-state index contributed by atoms with van der Waals surface area (Å²) in [7, 11) is 1.82. The lowest BCUT2D eigenvalue weighted by Gasteiger charge is -2.18. The highest BCUT2D eigenvalue weighted by atomic mass is 16.4. The number of hydrogen-bond donors (Lipinski definition) is 2. The number of aliphatic carboxylic acids is 1. The second kappa shape index (κ2) is 4.13. The van der Waals surface area contributed by atoms with Crippen LogP contribution in [0, 0.1) is 5.41 Å². The molecule has 0 bridgehead atoms. The van der Waals surface area contributed by atoms with Gasteiger partial charge in [-0.2, -0.15) is 0 Å². The van der Waals surface area contributed by atoms with Crippen molar-refractivity contribution in [1.82, 2.24) is 9.80 Å². The van der Waals surface area contributed by atoms with E-state index < -0.39 is 5.97 Å². The molecule has 0 saturated carbocycles. The van der Waals surface area contributed by atoms with Crippen molar-refractivity contribution >= 4 is 11.9 Å². The molecule has 0 amide bonds. The monoisotopic (exact) mass is 197 g/mol. The summed E-state index contributed by atoms with van der Waals surface area (Å²) in [6.07, 6.45) is 0.686. The van der Waals surface area contributed by atoms with Crippen LogP contribution in [0.4, 0.5) is 0 Å². The lowest BCUT2D eigenvalue weighted by molar-refractivity contribution is -0.137. The third kappa shape index (κ3) is 2.25. The van der Waals surface area contributed by atoms with Crippen molar-refractivity contribution in [3.8, 4) is 0 Å². The average Bonchev–Trinajstić information content (AvgIpc) is 2.31. The summed E-state index contributed by atoms with van der Waals surface area (Å²) >= 11 is 0. The molecule has 0 aliphatic carbocycles. The summed E-state index contributed by atoms with van der Waals surface area (Å²) in [4.78, 5) is 13.8. The largest absolute Gasteiger partial charge is 0.481 e. The lowest BCUT2D eigenvalue weighted by atomic mass is 10.3. The number of carboxylic acids is 1. The molecule has 0 aromatic carbocycles. The first-order chi connectivity index (χ1) is 6.52. The highest BCUT2D eigenvalue weighted by Crippen LogP contribution is 2.15. The molecule has 0 aromatic rings. The number of hydrogen-bond acceptors (Lipinski definition) is 2. The minimum atomic E-state index is -0.797. The molecule has 1 fully saturated rings. The standard InChI is InChI=1S/C9H15N3O2/c1-7-6-11(2)9(10)12(7)5-3-4-8(13)14/h10H,1,3-6H2,2H3,(H,13,14). The summed E-state index contributed by atoms with van der Waals surface area (Å²) in [5.41, 5.74) is 0.864. The summed E-state index contributed by atoms with van der Waals surface area (Å²) in [6.45, 7) is 5.05.